The molecule has 116 valence electrons. The summed E-state index contributed by atoms with van der Waals surface area (Å²) in [4.78, 5) is 13.3. The Morgan fingerprint density at radius 2 is 2.32 bits per heavy atom. The van der Waals surface area contributed by atoms with Gasteiger partial charge in [0.15, 0.2) is 0 Å². The Morgan fingerprint density at radius 1 is 1.45 bits per heavy atom. The Kier molecular flexibility index (Phi) is 4.68. The van der Waals surface area contributed by atoms with Gasteiger partial charge < -0.3 is 10.6 Å². The van der Waals surface area contributed by atoms with Crippen LogP contribution < -0.4 is 10.6 Å². The highest BCUT2D eigenvalue weighted by molar-refractivity contribution is 7.99. The number of hydrogen-bond acceptors (Lipinski definition) is 3. The molecular formula is C16H20N4OS. The third-order valence-corrected chi connectivity index (χ3v) is 4.84. The highest BCUT2D eigenvalue weighted by Crippen LogP contribution is 2.35. The number of amides is 2. The van der Waals surface area contributed by atoms with Gasteiger partial charge >= 0.3 is 6.03 Å². The van der Waals surface area contributed by atoms with E-state index in [1.54, 1.807) is 4.68 Å². The number of carbonyl (C=O) groups is 1. The van der Waals surface area contributed by atoms with E-state index < -0.39 is 0 Å². The van der Waals surface area contributed by atoms with Crippen LogP contribution in [-0.2, 0) is 13.5 Å². The summed E-state index contributed by atoms with van der Waals surface area (Å²) in [5.74, 6) is 1.04. The number of nitrogens with one attached hydrogen (secondary N) is 2. The molecule has 0 saturated heterocycles. The monoisotopic (exact) mass is 316 g/mol. The maximum Gasteiger partial charge on any atom is 0.315 e. The van der Waals surface area contributed by atoms with Gasteiger partial charge in [-0.2, -0.15) is 5.10 Å². The molecule has 5 nitrogen and oxygen atoms in total. The molecule has 2 amide bonds. The van der Waals surface area contributed by atoms with Gasteiger partial charge in [0.2, 0.25) is 0 Å². The van der Waals surface area contributed by atoms with Crippen LogP contribution in [0.4, 0.5) is 4.79 Å². The number of aryl methyl sites for hydroxylation is 1. The first-order chi connectivity index (χ1) is 10.7. The molecule has 0 aliphatic carbocycles. The normalized spacial score (nSPS) is 16.9. The van der Waals surface area contributed by atoms with E-state index in [4.69, 9.17) is 0 Å². The summed E-state index contributed by atoms with van der Waals surface area (Å²) in [6.07, 6.45) is 5.55. The Balaban J connectivity index is 1.50. The number of aromatic nitrogens is 2. The molecule has 0 saturated carbocycles. The molecule has 1 atom stereocenters. The maximum atomic E-state index is 12.1. The largest absolute Gasteiger partial charge is 0.338 e. The summed E-state index contributed by atoms with van der Waals surface area (Å²) < 4.78 is 1.77. The van der Waals surface area contributed by atoms with Crippen molar-refractivity contribution in [3.05, 3.63) is 47.8 Å². The minimum Gasteiger partial charge on any atom is -0.338 e. The standard InChI is InChI=1S/C16H20N4OS/c1-20-11-12(10-18-20)6-8-17-16(21)19-14-7-9-22-15-5-3-2-4-13(14)15/h2-5,10-11,14H,6-9H2,1H3,(H2,17,19,21)/t14-/m0/s1. The predicted molar refractivity (Wildman–Crippen MR) is 88.0 cm³/mol. The van der Waals surface area contributed by atoms with Gasteiger partial charge in [0, 0.05) is 30.4 Å². The molecule has 2 aromatic rings. The van der Waals surface area contributed by atoms with Crippen molar-refractivity contribution in [1.29, 1.82) is 0 Å². The molecule has 22 heavy (non-hydrogen) atoms. The zero-order valence-corrected chi connectivity index (χ0v) is 13.4. The van der Waals surface area contributed by atoms with E-state index in [0.717, 1.165) is 24.2 Å². The number of carbonyl (C=O) groups excluding carboxylic acids is 1. The third-order valence-electron chi connectivity index (χ3n) is 3.72. The molecular weight excluding hydrogens is 296 g/mol. The summed E-state index contributed by atoms with van der Waals surface area (Å²) in [5.41, 5.74) is 2.35. The number of thioether (sulfide) groups is 1. The van der Waals surface area contributed by atoms with Crippen LogP contribution in [0.25, 0.3) is 0 Å². The minimum atomic E-state index is -0.101. The van der Waals surface area contributed by atoms with Crippen LogP contribution in [0, 0.1) is 0 Å². The lowest BCUT2D eigenvalue weighted by atomic mass is 10.0. The van der Waals surface area contributed by atoms with Crippen LogP contribution in [0.5, 0.6) is 0 Å². The zero-order valence-electron chi connectivity index (χ0n) is 12.6. The van der Waals surface area contributed by atoms with E-state index in [1.165, 1.54) is 10.5 Å². The first kappa shape index (κ1) is 15.0. The highest BCUT2D eigenvalue weighted by atomic mass is 32.2. The quantitative estimate of drug-likeness (QED) is 0.911. The number of fused-ring (bicyclic) bond motifs is 1. The third kappa shape index (κ3) is 3.62. The van der Waals surface area contributed by atoms with Crippen molar-refractivity contribution in [1.82, 2.24) is 20.4 Å². The zero-order chi connectivity index (χ0) is 15.4. The van der Waals surface area contributed by atoms with Crippen molar-refractivity contribution in [2.24, 2.45) is 7.05 Å². The van der Waals surface area contributed by atoms with Crippen molar-refractivity contribution in [2.75, 3.05) is 12.3 Å². The van der Waals surface area contributed by atoms with Crippen LogP contribution in [-0.4, -0.2) is 28.1 Å². The van der Waals surface area contributed by atoms with Gasteiger partial charge in [-0.15, -0.1) is 11.8 Å². The molecule has 0 fully saturated rings. The summed E-state index contributed by atoms with van der Waals surface area (Å²) in [5, 5.41) is 10.1. The van der Waals surface area contributed by atoms with Crippen molar-refractivity contribution in [3.8, 4) is 0 Å². The van der Waals surface area contributed by atoms with Crippen molar-refractivity contribution < 1.29 is 4.79 Å². The smallest absolute Gasteiger partial charge is 0.315 e. The maximum absolute atomic E-state index is 12.1. The number of rotatable bonds is 4. The van der Waals surface area contributed by atoms with E-state index in [1.807, 2.05) is 43.3 Å². The molecule has 1 aromatic carbocycles. The van der Waals surface area contributed by atoms with Gasteiger partial charge in [-0.05, 0) is 30.0 Å². The SMILES string of the molecule is Cn1cc(CCNC(=O)N[C@H]2CCSc3ccccc32)cn1. The van der Waals surface area contributed by atoms with Crippen LogP contribution in [0.15, 0.2) is 41.6 Å². The van der Waals surface area contributed by atoms with Gasteiger partial charge in [-0.1, -0.05) is 18.2 Å². The van der Waals surface area contributed by atoms with Crippen LogP contribution in [0.1, 0.15) is 23.6 Å². The molecule has 0 radical (unpaired) electrons. The lowest BCUT2D eigenvalue weighted by Gasteiger charge is -2.25. The van der Waals surface area contributed by atoms with Crippen molar-refractivity contribution >= 4 is 17.8 Å². The second-order valence-corrected chi connectivity index (χ2v) is 6.54. The van der Waals surface area contributed by atoms with E-state index in [0.29, 0.717) is 6.54 Å². The second-order valence-electron chi connectivity index (χ2n) is 5.40. The van der Waals surface area contributed by atoms with Crippen LogP contribution >= 0.6 is 11.8 Å². The molecule has 0 unspecified atom stereocenters. The average molecular weight is 316 g/mol. The van der Waals surface area contributed by atoms with E-state index >= 15 is 0 Å². The van der Waals surface area contributed by atoms with Crippen molar-refractivity contribution in [2.45, 2.75) is 23.8 Å². The molecule has 1 aliphatic heterocycles. The molecule has 1 aliphatic rings. The molecule has 1 aromatic heterocycles. The molecule has 3 rings (SSSR count). The first-order valence-corrected chi connectivity index (χ1v) is 8.44. The lowest BCUT2D eigenvalue weighted by Crippen LogP contribution is -2.39. The Labute approximate surface area is 134 Å². The predicted octanol–water partition coefficient (Wildman–Crippen LogP) is 2.50. The summed E-state index contributed by atoms with van der Waals surface area (Å²) in [7, 11) is 1.89. The Morgan fingerprint density at radius 3 is 3.14 bits per heavy atom. The van der Waals surface area contributed by atoms with Gasteiger partial charge in [0.05, 0.1) is 12.2 Å². The first-order valence-electron chi connectivity index (χ1n) is 7.46. The molecule has 0 spiro atoms. The number of benzene rings is 1. The highest BCUT2D eigenvalue weighted by Gasteiger charge is 2.21. The fourth-order valence-corrected chi connectivity index (χ4v) is 3.75. The Bertz CT molecular complexity index is 655. The van der Waals surface area contributed by atoms with Crippen LogP contribution in [0.3, 0.4) is 0 Å². The van der Waals surface area contributed by atoms with Crippen molar-refractivity contribution in [3.63, 3.8) is 0 Å². The molecule has 0 bridgehead atoms. The summed E-state index contributed by atoms with van der Waals surface area (Å²) in [6, 6.07) is 8.30. The van der Waals surface area contributed by atoms with E-state index in [-0.39, 0.29) is 12.1 Å². The fourth-order valence-electron chi connectivity index (χ4n) is 2.62. The summed E-state index contributed by atoms with van der Waals surface area (Å²) >= 11 is 1.86. The number of urea groups is 1. The van der Waals surface area contributed by atoms with Gasteiger partial charge in [0.1, 0.15) is 0 Å². The molecule has 2 N–H and O–H groups in total. The van der Waals surface area contributed by atoms with Crippen LogP contribution in [0.2, 0.25) is 0 Å². The lowest BCUT2D eigenvalue weighted by molar-refractivity contribution is 0.236. The minimum absolute atomic E-state index is 0.101. The van der Waals surface area contributed by atoms with Gasteiger partial charge in [-0.25, -0.2) is 4.79 Å². The number of hydrogen-bond donors (Lipinski definition) is 2. The molecule has 6 heteroatoms. The van der Waals surface area contributed by atoms with E-state index in [2.05, 4.69) is 27.9 Å². The second kappa shape index (κ2) is 6.87. The summed E-state index contributed by atoms with van der Waals surface area (Å²) in [6.45, 7) is 0.612. The average Bonchev–Trinajstić information content (AvgIpc) is 2.93. The molecule has 2 heterocycles. The number of nitrogens with zero attached hydrogens (tertiary/aromatic N) is 2. The Hall–Kier alpha value is -1.95. The fraction of sp³-hybridized carbons (Fsp3) is 0.375. The topological polar surface area (TPSA) is 59.0 Å². The van der Waals surface area contributed by atoms with Gasteiger partial charge in [-0.3, -0.25) is 4.68 Å². The van der Waals surface area contributed by atoms with Gasteiger partial charge in [0.25, 0.3) is 0 Å². The van der Waals surface area contributed by atoms with E-state index in [9.17, 15) is 4.79 Å².